The molecule has 32 heavy (non-hydrogen) atoms. The first-order valence-electron chi connectivity index (χ1n) is 11.4. The molecule has 3 aromatic rings. The van der Waals surface area contributed by atoms with Crippen LogP contribution in [0.4, 0.5) is 5.69 Å². The molecule has 0 unspecified atom stereocenters. The number of rotatable bonds is 7. The third kappa shape index (κ3) is 4.69. The van der Waals surface area contributed by atoms with Gasteiger partial charge in [-0.2, -0.15) is 5.10 Å². The maximum Gasteiger partial charge on any atom is 0.264 e. The van der Waals surface area contributed by atoms with Crippen molar-refractivity contribution in [2.75, 3.05) is 24.1 Å². The molecule has 7 heteroatoms. The minimum absolute atomic E-state index is 0.190. The number of nitrogens with zero attached hydrogens (tertiary/aromatic N) is 3. The second-order valence-corrected chi connectivity index (χ2v) is 11.2. The number of sulfonamides is 1. The highest BCUT2D eigenvalue weighted by Gasteiger charge is 2.27. The van der Waals surface area contributed by atoms with Gasteiger partial charge in [0, 0.05) is 31.7 Å². The third-order valence-electron chi connectivity index (χ3n) is 6.14. The van der Waals surface area contributed by atoms with Gasteiger partial charge in [0.05, 0.1) is 22.3 Å². The van der Waals surface area contributed by atoms with E-state index in [-0.39, 0.29) is 5.92 Å². The zero-order chi connectivity index (χ0) is 22.9. The summed E-state index contributed by atoms with van der Waals surface area (Å²) in [6, 6.07) is 11.3. The van der Waals surface area contributed by atoms with E-state index in [1.54, 1.807) is 22.6 Å². The van der Waals surface area contributed by atoms with Gasteiger partial charge in [-0.25, -0.2) is 8.42 Å². The lowest BCUT2D eigenvalue weighted by atomic mass is 10.0. The molecule has 0 amide bonds. The van der Waals surface area contributed by atoms with E-state index in [1.165, 1.54) is 0 Å². The molecule has 172 valence electrons. The molecule has 4 rings (SSSR count). The van der Waals surface area contributed by atoms with Gasteiger partial charge in [-0.1, -0.05) is 26.0 Å². The highest BCUT2D eigenvalue weighted by atomic mass is 32.2. The molecule has 1 aromatic heterocycles. The predicted molar refractivity (Wildman–Crippen MR) is 129 cm³/mol. The van der Waals surface area contributed by atoms with E-state index in [9.17, 15) is 8.42 Å². The minimum Gasteiger partial charge on any atom is -0.381 e. The summed E-state index contributed by atoms with van der Waals surface area (Å²) in [6.45, 7) is 10.9. The molecular weight excluding hydrogens is 422 g/mol. The smallest absolute Gasteiger partial charge is 0.264 e. The summed E-state index contributed by atoms with van der Waals surface area (Å²) in [5.74, 6) is 0.733. The summed E-state index contributed by atoms with van der Waals surface area (Å²) in [4.78, 5) is 0.303. The van der Waals surface area contributed by atoms with Crippen molar-refractivity contribution in [2.24, 2.45) is 11.8 Å². The van der Waals surface area contributed by atoms with Crippen LogP contribution in [0.2, 0.25) is 0 Å². The van der Waals surface area contributed by atoms with Gasteiger partial charge in [-0.3, -0.25) is 8.99 Å². The summed E-state index contributed by atoms with van der Waals surface area (Å²) >= 11 is 0. The van der Waals surface area contributed by atoms with Crippen LogP contribution in [0.3, 0.4) is 0 Å². The second-order valence-electron chi connectivity index (χ2n) is 9.32. The molecule has 0 spiro atoms. The largest absolute Gasteiger partial charge is 0.381 e. The Labute approximate surface area is 191 Å². The molecule has 6 nitrogen and oxygen atoms in total. The summed E-state index contributed by atoms with van der Waals surface area (Å²) in [7, 11) is -3.72. The number of ether oxygens (including phenoxy) is 1. The Hall–Kier alpha value is -2.38. The zero-order valence-corrected chi connectivity index (χ0v) is 20.2. The monoisotopic (exact) mass is 455 g/mol. The van der Waals surface area contributed by atoms with E-state index in [4.69, 9.17) is 4.74 Å². The lowest BCUT2D eigenvalue weighted by Gasteiger charge is -2.28. The molecule has 2 aromatic carbocycles. The van der Waals surface area contributed by atoms with Crippen molar-refractivity contribution in [3.8, 4) is 0 Å². The van der Waals surface area contributed by atoms with E-state index in [0.717, 1.165) is 60.3 Å². The Morgan fingerprint density at radius 2 is 1.88 bits per heavy atom. The first-order chi connectivity index (χ1) is 15.3. The fraction of sp³-hybridized carbons (Fsp3) is 0.480. The number of aromatic nitrogens is 2. The summed E-state index contributed by atoms with van der Waals surface area (Å²) in [5, 5.41) is 5.41. The van der Waals surface area contributed by atoms with Crippen molar-refractivity contribution < 1.29 is 13.2 Å². The van der Waals surface area contributed by atoms with E-state index in [2.05, 4.69) is 5.10 Å². The molecule has 2 heterocycles. The zero-order valence-electron chi connectivity index (χ0n) is 19.4. The number of hydrogen-bond acceptors (Lipinski definition) is 4. The molecule has 0 aliphatic carbocycles. The first-order valence-corrected chi connectivity index (χ1v) is 12.8. The maximum atomic E-state index is 13.8. The molecule has 1 aliphatic rings. The van der Waals surface area contributed by atoms with Crippen LogP contribution in [0, 0.1) is 25.7 Å². The van der Waals surface area contributed by atoms with Crippen molar-refractivity contribution >= 4 is 26.6 Å². The van der Waals surface area contributed by atoms with Crippen molar-refractivity contribution in [2.45, 2.75) is 52.0 Å². The molecule has 0 radical (unpaired) electrons. The second kappa shape index (κ2) is 9.24. The van der Waals surface area contributed by atoms with Crippen LogP contribution in [-0.4, -0.2) is 38.0 Å². The van der Waals surface area contributed by atoms with Gasteiger partial charge in [0.15, 0.2) is 0 Å². The van der Waals surface area contributed by atoms with E-state index in [1.807, 2.05) is 56.6 Å². The van der Waals surface area contributed by atoms with Crippen LogP contribution in [0.5, 0.6) is 0 Å². The van der Waals surface area contributed by atoms with Crippen molar-refractivity contribution in [3.63, 3.8) is 0 Å². The predicted octanol–water partition coefficient (Wildman–Crippen LogP) is 4.93. The molecule has 0 bridgehead atoms. The first kappa shape index (κ1) is 22.8. The Bertz CT molecular complexity index is 1190. The molecule has 0 saturated carbocycles. The van der Waals surface area contributed by atoms with Gasteiger partial charge in [0.25, 0.3) is 10.0 Å². The fourth-order valence-corrected chi connectivity index (χ4v) is 6.04. The van der Waals surface area contributed by atoms with Crippen molar-refractivity contribution in [1.29, 1.82) is 0 Å². The van der Waals surface area contributed by atoms with Crippen molar-refractivity contribution in [1.82, 2.24) is 9.78 Å². The lowest BCUT2D eigenvalue weighted by Crippen LogP contribution is -2.34. The van der Waals surface area contributed by atoms with Gasteiger partial charge < -0.3 is 4.74 Å². The van der Waals surface area contributed by atoms with Gasteiger partial charge in [0.1, 0.15) is 0 Å². The quantitative estimate of drug-likeness (QED) is 0.507. The highest BCUT2D eigenvalue weighted by molar-refractivity contribution is 7.92. The highest BCUT2D eigenvalue weighted by Crippen LogP contribution is 2.30. The average Bonchev–Trinajstić information content (AvgIpc) is 3.16. The van der Waals surface area contributed by atoms with Crippen LogP contribution in [0.25, 0.3) is 10.9 Å². The molecule has 0 atom stereocenters. The SMILES string of the molecule is Cc1ccc(C)c(N(CC(C)C)S(=O)(=O)c2ccc3c(cnn3CC3CCOCC3)c2)c1. The summed E-state index contributed by atoms with van der Waals surface area (Å²) in [6.07, 6.45) is 3.85. The Morgan fingerprint density at radius 1 is 1.12 bits per heavy atom. The molecule has 1 saturated heterocycles. The molecule has 1 aliphatic heterocycles. The van der Waals surface area contributed by atoms with Crippen LogP contribution in [0.15, 0.2) is 47.5 Å². The van der Waals surface area contributed by atoms with Gasteiger partial charge in [-0.05, 0) is 73.9 Å². The van der Waals surface area contributed by atoms with Crippen LogP contribution >= 0.6 is 0 Å². The number of benzene rings is 2. The van der Waals surface area contributed by atoms with Crippen LogP contribution < -0.4 is 4.31 Å². The van der Waals surface area contributed by atoms with E-state index >= 15 is 0 Å². The number of aryl methyl sites for hydroxylation is 2. The maximum absolute atomic E-state index is 13.8. The number of anilines is 1. The van der Waals surface area contributed by atoms with Crippen LogP contribution in [-0.2, 0) is 21.3 Å². The molecule has 1 fully saturated rings. The van der Waals surface area contributed by atoms with E-state index in [0.29, 0.717) is 17.4 Å². The standard InChI is InChI=1S/C25H33N3O3S/c1-18(2)16-28(25-13-19(3)5-6-20(25)4)32(29,30)23-7-8-24-22(14-23)15-26-27(24)17-21-9-11-31-12-10-21/h5-8,13-15,18,21H,9-12,16-17H2,1-4H3. The number of hydrogen-bond donors (Lipinski definition) is 0. The molecule has 0 N–H and O–H groups in total. The lowest BCUT2D eigenvalue weighted by molar-refractivity contribution is 0.0605. The van der Waals surface area contributed by atoms with Crippen LogP contribution in [0.1, 0.15) is 37.8 Å². The number of fused-ring (bicyclic) bond motifs is 1. The van der Waals surface area contributed by atoms with E-state index < -0.39 is 10.0 Å². The Kier molecular flexibility index (Phi) is 6.58. The summed E-state index contributed by atoms with van der Waals surface area (Å²) in [5.41, 5.74) is 3.70. The normalized spacial score (nSPS) is 15.5. The average molecular weight is 456 g/mol. The minimum atomic E-state index is -3.72. The fourth-order valence-electron chi connectivity index (χ4n) is 4.32. The van der Waals surface area contributed by atoms with Crippen molar-refractivity contribution in [3.05, 3.63) is 53.7 Å². The molecular formula is C25H33N3O3S. The summed E-state index contributed by atoms with van der Waals surface area (Å²) < 4.78 is 36.6. The topological polar surface area (TPSA) is 64.4 Å². The van der Waals surface area contributed by atoms with Gasteiger partial charge in [-0.15, -0.1) is 0 Å². The Morgan fingerprint density at radius 3 is 2.59 bits per heavy atom. The van der Waals surface area contributed by atoms with Gasteiger partial charge in [0.2, 0.25) is 0 Å². The van der Waals surface area contributed by atoms with Gasteiger partial charge >= 0.3 is 0 Å². The Balaban J connectivity index is 1.69. The third-order valence-corrected chi connectivity index (χ3v) is 7.91.